The highest BCUT2D eigenvalue weighted by Crippen LogP contribution is 2.34. The summed E-state index contributed by atoms with van der Waals surface area (Å²) >= 11 is 0. The topological polar surface area (TPSA) is 96.9 Å². The molecule has 1 heterocycles. The number of ether oxygens (including phenoxy) is 2. The SMILES string of the molecule is CCCCOC(=O)C1=C(C)NC(=O)NC1c1ccc(O)c(OCC)c1. The summed E-state index contributed by atoms with van der Waals surface area (Å²) in [5.74, 6) is -0.183. The fourth-order valence-corrected chi connectivity index (χ4v) is 2.58. The third-order valence-corrected chi connectivity index (χ3v) is 3.84. The molecule has 1 aromatic carbocycles. The van der Waals surface area contributed by atoms with E-state index >= 15 is 0 Å². The summed E-state index contributed by atoms with van der Waals surface area (Å²) in [4.78, 5) is 24.4. The molecule has 0 aliphatic carbocycles. The first-order chi connectivity index (χ1) is 12.0. The zero-order valence-corrected chi connectivity index (χ0v) is 14.7. The summed E-state index contributed by atoms with van der Waals surface area (Å²) in [6, 6.07) is 3.65. The maximum Gasteiger partial charge on any atom is 0.338 e. The molecule has 25 heavy (non-hydrogen) atoms. The van der Waals surface area contributed by atoms with Crippen LogP contribution in [0, 0.1) is 0 Å². The average Bonchev–Trinajstić information content (AvgIpc) is 2.56. The molecule has 1 aliphatic heterocycles. The van der Waals surface area contributed by atoms with E-state index < -0.39 is 18.0 Å². The molecule has 1 aliphatic rings. The summed E-state index contributed by atoms with van der Waals surface area (Å²) in [6.07, 6.45) is 1.69. The van der Waals surface area contributed by atoms with E-state index in [1.165, 1.54) is 6.07 Å². The molecule has 7 heteroatoms. The highest BCUT2D eigenvalue weighted by Gasteiger charge is 2.32. The van der Waals surface area contributed by atoms with E-state index in [1.807, 2.05) is 6.92 Å². The summed E-state index contributed by atoms with van der Waals surface area (Å²) in [5, 5.41) is 15.2. The Bertz CT molecular complexity index is 684. The first-order valence-corrected chi connectivity index (χ1v) is 8.39. The first kappa shape index (κ1) is 18.6. The van der Waals surface area contributed by atoms with Crippen molar-refractivity contribution in [1.82, 2.24) is 10.6 Å². The van der Waals surface area contributed by atoms with Gasteiger partial charge in [0.15, 0.2) is 11.5 Å². The van der Waals surface area contributed by atoms with Crippen LogP contribution in [0.15, 0.2) is 29.5 Å². The van der Waals surface area contributed by atoms with E-state index in [0.717, 1.165) is 12.8 Å². The minimum Gasteiger partial charge on any atom is -0.504 e. The van der Waals surface area contributed by atoms with Crippen molar-refractivity contribution in [3.63, 3.8) is 0 Å². The predicted molar refractivity (Wildman–Crippen MR) is 92.3 cm³/mol. The zero-order chi connectivity index (χ0) is 18.4. The van der Waals surface area contributed by atoms with Gasteiger partial charge in [0, 0.05) is 5.70 Å². The van der Waals surface area contributed by atoms with Crippen LogP contribution in [0.2, 0.25) is 0 Å². The maximum absolute atomic E-state index is 12.5. The summed E-state index contributed by atoms with van der Waals surface area (Å²) in [6.45, 7) is 6.18. The van der Waals surface area contributed by atoms with Gasteiger partial charge in [-0.25, -0.2) is 9.59 Å². The van der Waals surface area contributed by atoms with E-state index in [1.54, 1.807) is 26.0 Å². The molecule has 0 saturated carbocycles. The largest absolute Gasteiger partial charge is 0.504 e. The smallest absolute Gasteiger partial charge is 0.338 e. The van der Waals surface area contributed by atoms with Gasteiger partial charge in [-0.05, 0) is 38.0 Å². The number of carbonyl (C=O) groups is 2. The van der Waals surface area contributed by atoms with Crippen LogP contribution in [0.25, 0.3) is 0 Å². The number of benzene rings is 1. The zero-order valence-electron chi connectivity index (χ0n) is 14.7. The normalized spacial score (nSPS) is 16.9. The van der Waals surface area contributed by atoms with Crippen molar-refractivity contribution in [2.45, 2.75) is 39.7 Å². The average molecular weight is 348 g/mol. The van der Waals surface area contributed by atoms with Crippen molar-refractivity contribution in [3.05, 3.63) is 35.0 Å². The number of phenolic OH excluding ortho intramolecular Hbond substituents is 1. The molecule has 7 nitrogen and oxygen atoms in total. The van der Waals surface area contributed by atoms with Crippen molar-refractivity contribution in [3.8, 4) is 11.5 Å². The molecule has 0 spiro atoms. The fraction of sp³-hybridized carbons (Fsp3) is 0.444. The van der Waals surface area contributed by atoms with Crippen molar-refractivity contribution < 1.29 is 24.2 Å². The van der Waals surface area contributed by atoms with Crippen LogP contribution in [0.1, 0.15) is 45.2 Å². The number of phenols is 1. The third kappa shape index (κ3) is 4.43. The van der Waals surface area contributed by atoms with E-state index in [0.29, 0.717) is 35.8 Å². The lowest BCUT2D eigenvalue weighted by atomic mass is 9.95. The Kier molecular flexibility index (Phi) is 6.27. The Morgan fingerprint density at radius 3 is 2.76 bits per heavy atom. The molecular formula is C18H24N2O5. The van der Waals surface area contributed by atoms with Crippen molar-refractivity contribution in [2.24, 2.45) is 0 Å². The molecule has 2 rings (SSSR count). The highest BCUT2D eigenvalue weighted by atomic mass is 16.5. The molecule has 0 aromatic heterocycles. The second-order valence-corrected chi connectivity index (χ2v) is 5.72. The lowest BCUT2D eigenvalue weighted by Gasteiger charge is -2.28. The van der Waals surface area contributed by atoms with Gasteiger partial charge in [-0.15, -0.1) is 0 Å². The number of unbranched alkanes of at least 4 members (excludes halogenated alkanes) is 1. The Balaban J connectivity index is 2.35. The molecule has 3 N–H and O–H groups in total. The quantitative estimate of drug-likeness (QED) is 0.520. The van der Waals surface area contributed by atoms with Crippen LogP contribution < -0.4 is 15.4 Å². The van der Waals surface area contributed by atoms with Crippen LogP contribution in [0.4, 0.5) is 4.79 Å². The molecule has 0 saturated heterocycles. The molecule has 1 unspecified atom stereocenters. The Labute approximate surface area is 147 Å². The van der Waals surface area contributed by atoms with Gasteiger partial charge in [0.1, 0.15) is 0 Å². The molecule has 136 valence electrons. The summed E-state index contributed by atoms with van der Waals surface area (Å²) < 4.78 is 10.7. The van der Waals surface area contributed by atoms with E-state index in [2.05, 4.69) is 10.6 Å². The van der Waals surface area contributed by atoms with E-state index in [-0.39, 0.29) is 5.75 Å². The van der Waals surface area contributed by atoms with Gasteiger partial charge in [-0.2, -0.15) is 0 Å². The maximum atomic E-state index is 12.5. The Hall–Kier alpha value is -2.70. The minimum atomic E-state index is -0.678. The Morgan fingerprint density at radius 1 is 1.32 bits per heavy atom. The standard InChI is InChI=1S/C18H24N2O5/c1-4-6-9-25-17(22)15-11(3)19-18(23)20-16(15)12-7-8-13(21)14(10-12)24-5-2/h7-8,10,16,21H,4-6,9H2,1-3H3,(H2,19,20,23). The van der Waals surface area contributed by atoms with Crippen molar-refractivity contribution >= 4 is 12.0 Å². The number of urea groups is 1. The van der Waals surface area contributed by atoms with Gasteiger partial charge in [0.25, 0.3) is 0 Å². The molecule has 1 aromatic rings. The second kappa shape index (κ2) is 8.41. The molecule has 1 atom stereocenters. The molecule has 2 amide bonds. The van der Waals surface area contributed by atoms with Crippen LogP contribution in [-0.2, 0) is 9.53 Å². The van der Waals surface area contributed by atoms with Gasteiger partial charge >= 0.3 is 12.0 Å². The molecule has 0 bridgehead atoms. The number of aromatic hydroxyl groups is 1. The van der Waals surface area contributed by atoms with Crippen LogP contribution >= 0.6 is 0 Å². The molecule has 0 radical (unpaired) electrons. The molecule has 0 fully saturated rings. The van der Waals surface area contributed by atoms with Crippen LogP contribution in [0.5, 0.6) is 11.5 Å². The van der Waals surface area contributed by atoms with Gasteiger partial charge < -0.3 is 25.2 Å². The monoisotopic (exact) mass is 348 g/mol. The number of hydrogen-bond donors (Lipinski definition) is 3. The predicted octanol–water partition coefficient (Wildman–Crippen LogP) is 2.76. The van der Waals surface area contributed by atoms with Gasteiger partial charge in [-0.3, -0.25) is 0 Å². The minimum absolute atomic E-state index is 0.00126. The number of hydrogen-bond acceptors (Lipinski definition) is 5. The van der Waals surface area contributed by atoms with Gasteiger partial charge in [-0.1, -0.05) is 19.4 Å². The molecular weight excluding hydrogens is 324 g/mol. The number of carbonyl (C=O) groups excluding carboxylic acids is 2. The highest BCUT2D eigenvalue weighted by molar-refractivity contribution is 5.95. The first-order valence-electron chi connectivity index (χ1n) is 8.39. The van der Waals surface area contributed by atoms with Gasteiger partial charge in [0.2, 0.25) is 0 Å². The van der Waals surface area contributed by atoms with Crippen LogP contribution in [0.3, 0.4) is 0 Å². The number of nitrogens with one attached hydrogen (secondary N) is 2. The second-order valence-electron chi connectivity index (χ2n) is 5.72. The number of rotatable bonds is 7. The number of allylic oxidation sites excluding steroid dienone is 1. The lowest BCUT2D eigenvalue weighted by molar-refractivity contribution is -0.139. The summed E-state index contributed by atoms with van der Waals surface area (Å²) in [7, 11) is 0. The van der Waals surface area contributed by atoms with Crippen LogP contribution in [-0.4, -0.2) is 30.3 Å². The number of esters is 1. The number of amides is 2. The lowest BCUT2D eigenvalue weighted by Crippen LogP contribution is -2.45. The Morgan fingerprint density at radius 2 is 2.08 bits per heavy atom. The third-order valence-electron chi connectivity index (χ3n) is 3.84. The van der Waals surface area contributed by atoms with Crippen molar-refractivity contribution in [2.75, 3.05) is 13.2 Å². The van der Waals surface area contributed by atoms with E-state index in [9.17, 15) is 14.7 Å². The van der Waals surface area contributed by atoms with E-state index in [4.69, 9.17) is 9.47 Å². The summed E-state index contributed by atoms with van der Waals surface area (Å²) in [5.41, 5.74) is 1.41. The van der Waals surface area contributed by atoms with Gasteiger partial charge in [0.05, 0.1) is 24.8 Å². The fourth-order valence-electron chi connectivity index (χ4n) is 2.58. The van der Waals surface area contributed by atoms with Crippen molar-refractivity contribution in [1.29, 1.82) is 0 Å².